The lowest BCUT2D eigenvalue weighted by atomic mass is 10.1. The van der Waals surface area contributed by atoms with Crippen LogP contribution in [0.3, 0.4) is 0 Å². The molecule has 1 heterocycles. The molecule has 0 saturated heterocycles. The number of hydrogen-bond acceptors (Lipinski definition) is 1. The van der Waals surface area contributed by atoms with E-state index in [9.17, 15) is 4.79 Å². The van der Waals surface area contributed by atoms with Gasteiger partial charge in [-0.25, -0.2) is 0 Å². The molecule has 0 radical (unpaired) electrons. The van der Waals surface area contributed by atoms with Crippen molar-refractivity contribution in [1.29, 1.82) is 0 Å². The molecule has 0 saturated carbocycles. The van der Waals surface area contributed by atoms with Gasteiger partial charge in [0.2, 0.25) is 0 Å². The Balaban J connectivity index is 2.31. The summed E-state index contributed by atoms with van der Waals surface area (Å²) in [5.41, 5.74) is 3.03. The summed E-state index contributed by atoms with van der Waals surface area (Å²) >= 11 is 0. The fourth-order valence-electron chi connectivity index (χ4n) is 2.85. The summed E-state index contributed by atoms with van der Waals surface area (Å²) in [6.07, 6.45) is 0. The molecule has 0 aliphatic carbocycles. The van der Waals surface area contributed by atoms with Gasteiger partial charge in [0.1, 0.15) is 0 Å². The minimum atomic E-state index is 0.0911. The van der Waals surface area contributed by atoms with Crippen molar-refractivity contribution < 1.29 is 0 Å². The minimum absolute atomic E-state index is 0.0911. The number of pyridine rings is 1. The Morgan fingerprint density at radius 3 is 1.62 bits per heavy atom. The topological polar surface area (TPSA) is 22.0 Å². The number of nitrogens with zero attached hydrogens (tertiary/aromatic N) is 1. The second kappa shape index (κ2) is 4.60. The summed E-state index contributed by atoms with van der Waals surface area (Å²) in [5, 5.41) is 1.50. The average molecular weight is 271 g/mol. The van der Waals surface area contributed by atoms with Gasteiger partial charge in [-0.05, 0) is 36.4 Å². The Morgan fingerprint density at radius 2 is 1.05 bits per heavy atom. The molecule has 1 aromatic heterocycles. The zero-order valence-electron chi connectivity index (χ0n) is 11.4. The molecular weight excluding hydrogens is 258 g/mol. The molecule has 4 aromatic rings. The van der Waals surface area contributed by atoms with Crippen LogP contribution >= 0.6 is 0 Å². The van der Waals surface area contributed by atoms with E-state index in [1.807, 2.05) is 66.7 Å². The first-order valence-corrected chi connectivity index (χ1v) is 6.94. The fraction of sp³-hybridized carbons (Fsp3) is 0. The van der Waals surface area contributed by atoms with E-state index < -0.39 is 0 Å². The summed E-state index contributed by atoms with van der Waals surface area (Å²) in [6.45, 7) is 0. The van der Waals surface area contributed by atoms with Crippen molar-refractivity contribution in [2.24, 2.45) is 0 Å². The molecule has 4 rings (SSSR count). The molecule has 100 valence electrons. The fourth-order valence-corrected chi connectivity index (χ4v) is 2.85. The number of rotatable bonds is 1. The van der Waals surface area contributed by atoms with E-state index in [0.29, 0.717) is 0 Å². The van der Waals surface area contributed by atoms with Crippen LogP contribution in [-0.4, -0.2) is 4.57 Å². The van der Waals surface area contributed by atoms with Gasteiger partial charge in [0, 0.05) is 16.5 Å². The van der Waals surface area contributed by atoms with Gasteiger partial charge in [-0.15, -0.1) is 0 Å². The van der Waals surface area contributed by atoms with Gasteiger partial charge in [-0.1, -0.05) is 42.5 Å². The zero-order valence-corrected chi connectivity index (χ0v) is 11.4. The van der Waals surface area contributed by atoms with E-state index in [1.165, 1.54) is 0 Å². The van der Waals surface area contributed by atoms with Gasteiger partial charge in [0.05, 0.1) is 11.0 Å². The SMILES string of the molecule is O=c1c2ccccc2n(-c2ccccc2)c2ccccc12. The maximum Gasteiger partial charge on any atom is 0.197 e. The first-order valence-electron chi connectivity index (χ1n) is 6.94. The smallest absolute Gasteiger partial charge is 0.197 e. The molecular formula is C19H13NO. The van der Waals surface area contributed by atoms with E-state index in [2.05, 4.69) is 16.7 Å². The van der Waals surface area contributed by atoms with Gasteiger partial charge in [-0.3, -0.25) is 4.79 Å². The predicted molar refractivity (Wildman–Crippen MR) is 87.1 cm³/mol. The third-order valence-electron chi connectivity index (χ3n) is 3.79. The van der Waals surface area contributed by atoms with Crippen LogP contribution in [0.5, 0.6) is 0 Å². The Kier molecular flexibility index (Phi) is 2.61. The van der Waals surface area contributed by atoms with Crippen molar-refractivity contribution >= 4 is 21.8 Å². The molecule has 0 fully saturated rings. The summed E-state index contributed by atoms with van der Waals surface area (Å²) in [5.74, 6) is 0. The Labute approximate surface area is 121 Å². The van der Waals surface area contributed by atoms with Gasteiger partial charge in [0.15, 0.2) is 5.43 Å². The van der Waals surface area contributed by atoms with Crippen LogP contribution in [0, 0.1) is 0 Å². The van der Waals surface area contributed by atoms with E-state index in [-0.39, 0.29) is 5.43 Å². The number of benzene rings is 3. The van der Waals surface area contributed by atoms with Gasteiger partial charge in [-0.2, -0.15) is 0 Å². The molecule has 0 N–H and O–H groups in total. The number of aromatic nitrogens is 1. The Bertz CT molecular complexity index is 940. The lowest BCUT2D eigenvalue weighted by Crippen LogP contribution is -2.10. The molecule has 21 heavy (non-hydrogen) atoms. The highest BCUT2D eigenvalue weighted by atomic mass is 16.1. The standard InChI is InChI=1S/C19H13NO/c21-19-15-10-4-6-12-17(15)20(14-8-2-1-3-9-14)18-13-7-5-11-16(18)19/h1-13H. The largest absolute Gasteiger partial charge is 0.309 e. The van der Waals surface area contributed by atoms with Crippen molar-refractivity contribution in [3.63, 3.8) is 0 Å². The maximum absolute atomic E-state index is 12.7. The molecule has 0 aliphatic heterocycles. The summed E-state index contributed by atoms with van der Waals surface area (Å²) in [4.78, 5) is 12.7. The highest BCUT2D eigenvalue weighted by molar-refractivity contribution is 5.95. The lowest BCUT2D eigenvalue weighted by molar-refractivity contribution is 1.16. The van der Waals surface area contributed by atoms with E-state index in [4.69, 9.17) is 0 Å². The predicted octanol–water partition coefficient (Wildman–Crippen LogP) is 4.14. The van der Waals surface area contributed by atoms with E-state index in [1.54, 1.807) is 0 Å². The summed E-state index contributed by atoms with van der Waals surface area (Å²) in [7, 11) is 0. The third-order valence-corrected chi connectivity index (χ3v) is 3.79. The minimum Gasteiger partial charge on any atom is -0.309 e. The van der Waals surface area contributed by atoms with E-state index in [0.717, 1.165) is 27.5 Å². The van der Waals surface area contributed by atoms with Crippen LogP contribution in [-0.2, 0) is 0 Å². The van der Waals surface area contributed by atoms with Crippen molar-refractivity contribution in [2.45, 2.75) is 0 Å². The van der Waals surface area contributed by atoms with Gasteiger partial charge < -0.3 is 4.57 Å². The second-order valence-electron chi connectivity index (χ2n) is 5.03. The van der Waals surface area contributed by atoms with Crippen LogP contribution in [0.2, 0.25) is 0 Å². The van der Waals surface area contributed by atoms with Gasteiger partial charge in [0.25, 0.3) is 0 Å². The quantitative estimate of drug-likeness (QED) is 0.477. The summed E-state index contributed by atoms with van der Waals surface area (Å²) < 4.78 is 2.14. The van der Waals surface area contributed by atoms with Crippen molar-refractivity contribution in [3.05, 3.63) is 89.1 Å². The monoisotopic (exact) mass is 271 g/mol. The van der Waals surface area contributed by atoms with Crippen LogP contribution in [0.1, 0.15) is 0 Å². The maximum atomic E-state index is 12.7. The molecule has 0 spiro atoms. The molecule has 0 amide bonds. The Morgan fingerprint density at radius 1 is 0.571 bits per heavy atom. The average Bonchev–Trinajstić information content (AvgIpc) is 2.56. The second-order valence-corrected chi connectivity index (χ2v) is 5.03. The first-order chi connectivity index (χ1) is 10.4. The van der Waals surface area contributed by atoms with Crippen LogP contribution < -0.4 is 5.43 Å². The number of para-hydroxylation sites is 3. The Hall–Kier alpha value is -2.87. The molecule has 0 bridgehead atoms. The van der Waals surface area contributed by atoms with Gasteiger partial charge >= 0.3 is 0 Å². The molecule has 3 aromatic carbocycles. The lowest BCUT2D eigenvalue weighted by Gasteiger charge is -2.15. The van der Waals surface area contributed by atoms with Crippen LogP contribution in [0.15, 0.2) is 83.7 Å². The van der Waals surface area contributed by atoms with Crippen molar-refractivity contribution in [2.75, 3.05) is 0 Å². The summed E-state index contributed by atoms with van der Waals surface area (Å²) in [6, 6.07) is 25.7. The van der Waals surface area contributed by atoms with E-state index >= 15 is 0 Å². The van der Waals surface area contributed by atoms with Crippen molar-refractivity contribution in [1.82, 2.24) is 4.57 Å². The molecule has 0 aliphatic rings. The zero-order chi connectivity index (χ0) is 14.2. The first kappa shape index (κ1) is 11.9. The van der Waals surface area contributed by atoms with Crippen LogP contribution in [0.25, 0.3) is 27.5 Å². The van der Waals surface area contributed by atoms with Crippen LogP contribution in [0.4, 0.5) is 0 Å². The number of hydrogen-bond donors (Lipinski definition) is 0. The normalized spacial score (nSPS) is 11.0. The molecule has 2 nitrogen and oxygen atoms in total. The number of fused-ring (bicyclic) bond motifs is 2. The highest BCUT2D eigenvalue weighted by Gasteiger charge is 2.10. The molecule has 0 unspecified atom stereocenters. The molecule has 0 atom stereocenters. The molecule has 2 heteroatoms. The highest BCUT2D eigenvalue weighted by Crippen LogP contribution is 2.23. The third kappa shape index (κ3) is 1.77. The van der Waals surface area contributed by atoms with Crippen molar-refractivity contribution in [3.8, 4) is 5.69 Å².